The van der Waals surface area contributed by atoms with E-state index in [-0.39, 0.29) is 29.7 Å². The van der Waals surface area contributed by atoms with Crippen LogP contribution in [0.4, 0.5) is 5.95 Å². The summed E-state index contributed by atoms with van der Waals surface area (Å²) in [4.78, 5) is 29.5. The van der Waals surface area contributed by atoms with E-state index >= 15 is 0 Å². The molecule has 1 aliphatic rings. The van der Waals surface area contributed by atoms with Gasteiger partial charge >= 0.3 is 5.95 Å². The minimum atomic E-state index is -4.05. The van der Waals surface area contributed by atoms with Crippen molar-refractivity contribution in [1.82, 2.24) is 19.2 Å². The summed E-state index contributed by atoms with van der Waals surface area (Å²) >= 11 is 0. The molecule has 1 unspecified atom stereocenters. The van der Waals surface area contributed by atoms with E-state index in [1.165, 1.54) is 23.0 Å². The molecule has 1 amide bonds. The molecular weight excluding hydrogens is 458 g/mol. The zero-order valence-electron chi connectivity index (χ0n) is 18.8. The fourth-order valence-corrected chi connectivity index (χ4v) is 5.73. The predicted molar refractivity (Wildman–Crippen MR) is 127 cm³/mol. The largest absolute Gasteiger partial charge is 0.434 e. The van der Waals surface area contributed by atoms with Crippen LogP contribution in [0.2, 0.25) is 0 Å². The quantitative estimate of drug-likeness (QED) is 0.386. The number of nitrogens with zero attached hydrogens (tertiary/aromatic N) is 4. The molecule has 4 rings (SSSR count). The molecule has 0 radical (unpaired) electrons. The van der Waals surface area contributed by atoms with Crippen molar-refractivity contribution in [1.29, 1.82) is 0 Å². The molecule has 10 nitrogen and oxygen atoms in total. The third-order valence-electron chi connectivity index (χ3n) is 6.25. The Kier molecular flexibility index (Phi) is 6.94. The van der Waals surface area contributed by atoms with Crippen molar-refractivity contribution >= 4 is 32.7 Å². The Morgan fingerprint density at radius 1 is 1.21 bits per heavy atom. The van der Waals surface area contributed by atoms with Crippen LogP contribution < -0.4 is 4.72 Å². The number of carbonyl (C=O) groups excluding carboxylic acids is 1. The van der Waals surface area contributed by atoms with Crippen LogP contribution in [0.3, 0.4) is 0 Å². The van der Waals surface area contributed by atoms with Gasteiger partial charge in [-0.3, -0.25) is 4.79 Å². The summed E-state index contributed by atoms with van der Waals surface area (Å²) in [5.41, 5.74) is 0. The van der Waals surface area contributed by atoms with Gasteiger partial charge in [0.1, 0.15) is 18.4 Å². The molecule has 1 fully saturated rings. The normalized spacial score (nSPS) is 16.0. The van der Waals surface area contributed by atoms with Crippen molar-refractivity contribution in [3.63, 3.8) is 0 Å². The van der Waals surface area contributed by atoms with Gasteiger partial charge in [-0.15, -0.1) is 0 Å². The molecule has 2 aromatic carbocycles. The number of hydrogen-bond donors (Lipinski definition) is 1. The van der Waals surface area contributed by atoms with Crippen molar-refractivity contribution in [2.24, 2.45) is 5.92 Å². The van der Waals surface area contributed by atoms with Crippen molar-refractivity contribution in [2.75, 3.05) is 13.1 Å². The molecule has 1 aromatic heterocycles. The van der Waals surface area contributed by atoms with Gasteiger partial charge in [-0.05, 0) is 35.1 Å². The number of aromatic nitrogens is 2. The summed E-state index contributed by atoms with van der Waals surface area (Å²) in [7, 11) is -4.05. The number of hydrogen-bond acceptors (Lipinski definition) is 6. The predicted octanol–water partition coefficient (Wildman–Crippen LogP) is 2.94. The number of sulfonamides is 1. The van der Waals surface area contributed by atoms with Gasteiger partial charge in [0.15, 0.2) is 0 Å². The topological polar surface area (TPSA) is 127 Å². The van der Waals surface area contributed by atoms with Crippen LogP contribution in [0.25, 0.3) is 10.8 Å². The van der Waals surface area contributed by atoms with E-state index < -0.39 is 21.0 Å². The Morgan fingerprint density at radius 3 is 2.65 bits per heavy atom. The number of benzene rings is 2. The maximum Gasteiger partial charge on any atom is 0.434 e. The van der Waals surface area contributed by atoms with E-state index in [2.05, 4.69) is 16.6 Å². The standard InChI is InChI=1S/C23H27N5O5S/c1-17-9-13-26(14-10-17)22(29)20(11-15-27-16-12-24-23(27)28(30)31)25-34(32,33)21-8-4-6-18-5-2-3-7-19(18)21/h2-8,12,16-17,20,25H,9-11,13-15H2,1H3. The van der Waals surface area contributed by atoms with E-state index in [1.807, 2.05) is 18.2 Å². The first-order valence-electron chi connectivity index (χ1n) is 11.2. The molecule has 1 saturated heterocycles. The highest BCUT2D eigenvalue weighted by Crippen LogP contribution is 2.24. The van der Waals surface area contributed by atoms with Crippen LogP contribution in [0.1, 0.15) is 26.2 Å². The number of likely N-dealkylation sites (tertiary alicyclic amines) is 1. The second-order valence-corrected chi connectivity index (χ2v) is 10.3. The summed E-state index contributed by atoms with van der Waals surface area (Å²) in [6, 6.07) is 11.1. The molecule has 0 bridgehead atoms. The van der Waals surface area contributed by atoms with Crippen LogP contribution in [0.15, 0.2) is 59.8 Å². The minimum Gasteiger partial charge on any atom is -0.390 e. The molecule has 1 aliphatic heterocycles. The lowest BCUT2D eigenvalue weighted by Gasteiger charge is -2.33. The van der Waals surface area contributed by atoms with Crippen molar-refractivity contribution in [3.8, 4) is 0 Å². The average molecular weight is 486 g/mol. The number of fused-ring (bicyclic) bond motifs is 1. The molecule has 0 saturated carbocycles. The van der Waals surface area contributed by atoms with Gasteiger partial charge in [-0.2, -0.15) is 4.72 Å². The molecule has 0 spiro atoms. The van der Waals surface area contributed by atoms with Crippen molar-refractivity contribution < 1.29 is 18.1 Å². The first-order valence-corrected chi connectivity index (χ1v) is 12.7. The number of aryl methyl sites for hydroxylation is 1. The number of imidazole rings is 1. The number of nitro groups is 1. The molecule has 0 aliphatic carbocycles. The maximum atomic E-state index is 13.4. The minimum absolute atomic E-state index is 0.0477. The van der Waals surface area contributed by atoms with Gasteiger partial charge in [0.05, 0.1) is 11.4 Å². The molecule has 180 valence electrons. The van der Waals surface area contributed by atoms with Crippen LogP contribution in [0, 0.1) is 16.0 Å². The lowest BCUT2D eigenvalue weighted by Crippen LogP contribution is -2.50. The monoisotopic (exact) mass is 485 g/mol. The molecule has 1 atom stereocenters. The highest BCUT2D eigenvalue weighted by Gasteiger charge is 2.32. The Hall–Kier alpha value is -3.31. The number of rotatable bonds is 8. The van der Waals surface area contributed by atoms with Crippen LogP contribution in [-0.4, -0.2) is 52.8 Å². The fraction of sp³-hybridized carbons (Fsp3) is 0.391. The van der Waals surface area contributed by atoms with E-state index in [1.54, 1.807) is 23.1 Å². The summed E-state index contributed by atoms with van der Waals surface area (Å²) in [6.07, 6.45) is 4.50. The Balaban J connectivity index is 1.62. The van der Waals surface area contributed by atoms with Gasteiger partial charge in [-0.25, -0.2) is 13.0 Å². The smallest absolute Gasteiger partial charge is 0.390 e. The SMILES string of the molecule is CC1CCN(C(=O)C(CCn2ccnc2[N+](=O)[O-])NS(=O)(=O)c2cccc3ccccc23)CC1. The fourth-order valence-electron chi connectivity index (χ4n) is 4.28. The zero-order chi connectivity index (χ0) is 24.3. The lowest BCUT2D eigenvalue weighted by atomic mass is 9.98. The highest BCUT2D eigenvalue weighted by molar-refractivity contribution is 7.89. The molecule has 34 heavy (non-hydrogen) atoms. The molecule has 1 N–H and O–H groups in total. The first kappa shape index (κ1) is 23.8. The number of piperidine rings is 1. The van der Waals surface area contributed by atoms with E-state index in [0.717, 1.165) is 18.2 Å². The van der Waals surface area contributed by atoms with E-state index in [0.29, 0.717) is 24.4 Å². The third kappa shape index (κ3) is 5.10. The lowest BCUT2D eigenvalue weighted by molar-refractivity contribution is -0.396. The van der Waals surface area contributed by atoms with Crippen LogP contribution >= 0.6 is 0 Å². The van der Waals surface area contributed by atoms with Gasteiger partial charge in [0, 0.05) is 24.9 Å². The zero-order valence-corrected chi connectivity index (χ0v) is 19.6. The second kappa shape index (κ2) is 9.90. The summed E-state index contributed by atoms with van der Waals surface area (Å²) in [6.45, 7) is 3.30. The van der Waals surface area contributed by atoms with Crippen LogP contribution in [0.5, 0.6) is 0 Å². The number of amides is 1. The Labute approximate surface area is 197 Å². The first-order chi connectivity index (χ1) is 16.3. The van der Waals surface area contributed by atoms with Crippen molar-refractivity contribution in [2.45, 2.75) is 43.7 Å². The van der Waals surface area contributed by atoms with Crippen molar-refractivity contribution in [3.05, 3.63) is 65.0 Å². The van der Waals surface area contributed by atoms with Gasteiger partial charge < -0.3 is 15.0 Å². The second-order valence-electron chi connectivity index (χ2n) is 8.63. The summed E-state index contributed by atoms with van der Waals surface area (Å²) in [5.74, 6) is -0.170. The Bertz CT molecular complexity index is 1290. The third-order valence-corrected chi connectivity index (χ3v) is 7.78. The van der Waals surface area contributed by atoms with Gasteiger partial charge in [-0.1, -0.05) is 48.3 Å². The van der Waals surface area contributed by atoms with E-state index in [9.17, 15) is 23.3 Å². The molecular formula is C23H27N5O5S. The molecule has 2 heterocycles. The summed E-state index contributed by atoms with van der Waals surface area (Å²) < 4.78 is 30.8. The molecule has 11 heteroatoms. The van der Waals surface area contributed by atoms with Gasteiger partial charge in [0.25, 0.3) is 0 Å². The average Bonchev–Trinajstić information content (AvgIpc) is 3.30. The van der Waals surface area contributed by atoms with Gasteiger partial charge in [0.2, 0.25) is 15.9 Å². The Morgan fingerprint density at radius 2 is 1.91 bits per heavy atom. The van der Waals surface area contributed by atoms with E-state index in [4.69, 9.17) is 0 Å². The van der Waals surface area contributed by atoms with Crippen LogP contribution in [-0.2, 0) is 21.4 Å². The summed E-state index contributed by atoms with van der Waals surface area (Å²) in [5, 5.41) is 12.5. The number of carbonyl (C=O) groups is 1. The maximum absolute atomic E-state index is 13.4. The molecule has 3 aromatic rings. The number of nitrogens with one attached hydrogen (secondary N) is 1. The highest BCUT2D eigenvalue weighted by atomic mass is 32.2.